The van der Waals surface area contributed by atoms with Crippen LogP contribution in [-0.4, -0.2) is 21.8 Å². The number of nitrogens with zero attached hydrogens (tertiary/aromatic N) is 2. The van der Waals surface area contributed by atoms with Crippen molar-refractivity contribution in [1.82, 2.24) is 14.7 Å². The first kappa shape index (κ1) is 12.9. The van der Waals surface area contributed by atoms with Crippen LogP contribution in [0.4, 0.5) is 0 Å². The molecule has 102 valence electrons. The van der Waals surface area contributed by atoms with Gasteiger partial charge in [-0.05, 0) is 36.9 Å². The maximum absolute atomic E-state index is 12.3. The summed E-state index contributed by atoms with van der Waals surface area (Å²) in [4.78, 5) is 18.0. The molecule has 0 aromatic carbocycles. The monoisotopic (exact) mass is 285 g/mol. The molecule has 0 radical (unpaired) electrons. The zero-order chi connectivity index (χ0) is 13.9. The molecular weight excluding hydrogens is 270 g/mol. The first-order valence-electron chi connectivity index (χ1n) is 6.50. The smallest absolute Gasteiger partial charge is 0.270 e. The molecule has 0 aliphatic carbocycles. The van der Waals surface area contributed by atoms with Crippen molar-refractivity contribution in [3.63, 3.8) is 0 Å². The Bertz CT molecular complexity index is 731. The zero-order valence-corrected chi connectivity index (χ0v) is 12.0. The van der Waals surface area contributed by atoms with Crippen LogP contribution < -0.4 is 5.32 Å². The van der Waals surface area contributed by atoms with Crippen LogP contribution in [0.1, 0.15) is 21.1 Å². The van der Waals surface area contributed by atoms with Crippen LogP contribution in [-0.2, 0) is 6.42 Å². The van der Waals surface area contributed by atoms with E-state index < -0.39 is 0 Å². The lowest BCUT2D eigenvalue weighted by Crippen LogP contribution is -2.27. The zero-order valence-electron chi connectivity index (χ0n) is 11.2. The maximum Gasteiger partial charge on any atom is 0.270 e. The van der Waals surface area contributed by atoms with Gasteiger partial charge in [0.05, 0.1) is 5.69 Å². The highest BCUT2D eigenvalue weighted by Gasteiger charge is 2.15. The molecule has 0 bridgehead atoms. The van der Waals surface area contributed by atoms with Gasteiger partial charge in [-0.2, -0.15) is 0 Å². The predicted molar refractivity (Wildman–Crippen MR) is 80.3 cm³/mol. The minimum absolute atomic E-state index is 0.0715. The summed E-state index contributed by atoms with van der Waals surface area (Å²) < 4.78 is 1.83. The molecule has 0 aliphatic heterocycles. The topological polar surface area (TPSA) is 46.4 Å². The summed E-state index contributed by atoms with van der Waals surface area (Å²) >= 11 is 1.71. The molecule has 0 saturated carbocycles. The lowest BCUT2D eigenvalue weighted by Gasteiger charge is -2.05. The average molecular weight is 285 g/mol. The number of fused-ring (bicyclic) bond motifs is 1. The summed E-state index contributed by atoms with van der Waals surface area (Å²) in [5.41, 5.74) is 2.17. The molecule has 1 N–H and O–H groups in total. The van der Waals surface area contributed by atoms with Crippen LogP contribution in [0.25, 0.3) is 5.65 Å². The Labute approximate surface area is 121 Å². The van der Waals surface area contributed by atoms with Crippen LogP contribution in [0.5, 0.6) is 0 Å². The standard InChI is InChI=1S/C15H15N3OS/c1-11-14(18-9-3-2-6-13(18)17-11)15(19)16-8-7-12-5-4-10-20-12/h2-6,9-10H,7-8H2,1H3,(H,16,19). The van der Waals surface area contributed by atoms with Gasteiger partial charge in [-0.25, -0.2) is 4.98 Å². The van der Waals surface area contributed by atoms with Crippen molar-refractivity contribution in [2.45, 2.75) is 13.3 Å². The lowest BCUT2D eigenvalue weighted by molar-refractivity contribution is 0.0947. The first-order chi connectivity index (χ1) is 9.75. The van der Waals surface area contributed by atoms with Gasteiger partial charge in [-0.3, -0.25) is 9.20 Å². The minimum atomic E-state index is -0.0715. The van der Waals surface area contributed by atoms with Gasteiger partial charge >= 0.3 is 0 Å². The Morgan fingerprint density at radius 3 is 3.05 bits per heavy atom. The van der Waals surface area contributed by atoms with E-state index in [4.69, 9.17) is 0 Å². The van der Waals surface area contributed by atoms with Gasteiger partial charge in [0.1, 0.15) is 11.3 Å². The third-order valence-electron chi connectivity index (χ3n) is 3.16. The van der Waals surface area contributed by atoms with Crippen molar-refractivity contribution in [3.05, 3.63) is 58.2 Å². The summed E-state index contributed by atoms with van der Waals surface area (Å²) in [6.45, 7) is 2.50. The number of amides is 1. The highest BCUT2D eigenvalue weighted by atomic mass is 32.1. The van der Waals surface area contributed by atoms with Gasteiger partial charge in [0.25, 0.3) is 5.91 Å². The van der Waals surface area contributed by atoms with E-state index in [2.05, 4.69) is 16.4 Å². The van der Waals surface area contributed by atoms with Crippen LogP contribution in [0, 0.1) is 6.92 Å². The molecule has 3 rings (SSSR count). The number of aromatic nitrogens is 2. The molecular formula is C15H15N3OS. The van der Waals surface area contributed by atoms with E-state index in [0.717, 1.165) is 17.8 Å². The quantitative estimate of drug-likeness (QED) is 0.801. The Hall–Kier alpha value is -2.14. The van der Waals surface area contributed by atoms with Crippen molar-refractivity contribution in [2.75, 3.05) is 6.54 Å². The van der Waals surface area contributed by atoms with E-state index in [9.17, 15) is 4.79 Å². The fourth-order valence-electron chi connectivity index (χ4n) is 2.22. The van der Waals surface area contributed by atoms with E-state index in [1.54, 1.807) is 11.3 Å². The number of carbonyl (C=O) groups excluding carboxylic acids is 1. The van der Waals surface area contributed by atoms with Gasteiger partial charge in [0, 0.05) is 17.6 Å². The Morgan fingerprint density at radius 2 is 2.25 bits per heavy atom. The fraction of sp³-hybridized carbons (Fsp3) is 0.200. The van der Waals surface area contributed by atoms with E-state index >= 15 is 0 Å². The van der Waals surface area contributed by atoms with Gasteiger partial charge < -0.3 is 5.32 Å². The van der Waals surface area contributed by atoms with Gasteiger partial charge in [0.15, 0.2) is 0 Å². The third-order valence-corrected chi connectivity index (χ3v) is 4.09. The molecule has 0 saturated heterocycles. The maximum atomic E-state index is 12.3. The largest absolute Gasteiger partial charge is 0.350 e. The fourth-order valence-corrected chi connectivity index (χ4v) is 2.93. The second kappa shape index (κ2) is 5.46. The molecule has 5 heteroatoms. The highest BCUT2D eigenvalue weighted by Crippen LogP contribution is 2.12. The minimum Gasteiger partial charge on any atom is -0.350 e. The summed E-state index contributed by atoms with van der Waals surface area (Å²) in [6.07, 6.45) is 2.72. The van der Waals surface area contributed by atoms with Crippen LogP contribution in [0.15, 0.2) is 41.9 Å². The van der Waals surface area contributed by atoms with Crippen LogP contribution in [0.3, 0.4) is 0 Å². The number of rotatable bonds is 4. The van der Waals surface area contributed by atoms with Crippen LogP contribution in [0.2, 0.25) is 0 Å². The van der Waals surface area contributed by atoms with E-state index in [1.165, 1.54) is 4.88 Å². The van der Waals surface area contributed by atoms with Crippen molar-refractivity contribution in [2.24, 2.45) is 0 Å². The molecule has 0 fully saturated rings. The molecule has 4 nitrogen and oxygen atoms in total. The molecule has 3 heterocycles. The summed E-state index contributed by atoms with van der Waals surface area (Å²) in [7, 11) is 0. The number of pyridine rings is 1. The summed E-state index contributed by atoms with van der Waals surface area (Å²) in [6, 6.07) is 9.82. The van der Waals surface area contributed by atoms with Gasteiger partial charge in [-0.1, -0.05) is 12.1 Å². The van der Waals surface area contributed by atoms with Crippen LogP contribution >= 0.6 is 11.3 Å². The number of hydrogen-bond acceptors (Lipinski definition) is 3. The number of aryl methyl sites for hydroxylation is 1. The van der Waals surface area contributed by atoms with Crippen molar-refractivity contribution in [1.29, 1.82) is 0 Å². The number of thiophene rings is 1. The second-order valence-corrected chi connectivity index (χ2v) is 5.59. The van der Waals surface area contributed by atoms with E-state index in [1.807, 2.05) is 47.2 Å². The predicted octanol–water partition coefficient (Wildman–Crippen LogP) is 2.68. The van der Waals surface area contributed by atoms with Crippen molar-refractivity contribution in [3.8, 4) is 0 Å². The molecule has 0 unspecified atom stereocenters. The molecule has 3 aromatic rings. The first-order valence-corrected chi connectivity index (χ1v) is 7.38. The Balaban J connectivity index is 1.74. The van der Waals surface area contributed by atoms with Gasteiger partial charge in [0.2, 0.25) is 0 Å². The third kappa shape index (κ3) is 2.44. The Kier molecular flexibility index (Phi) is 3.52. The summed E-state index contributed by atoms with van der Waals surface area (Å²) in [5.74, 6) is -0.0715. The molecule has 0 atom stereocenters. The molecule has 0 aliphatic rings. The molecule has 20 heavy (non-hydrogen) atoms. The summed E-state index contributed by atoms with van der Waals surface area (Å²) in [5, 5.41) is 5.01. The number of nitrogens with one attached hydrogen (secondary N) is 1. The molecule has 1 amide bonds. The second-order valence-electron chi connectivity index (χ2n) is 4.56. The average Bonchev–Trinajstić information content (AvgIpc) is 3.04. The Morgan fingerprint density at radius 1 is 1.35 bits per heavy atom. The van der Waals surface area contributed by atoms with Gasteiger partial charge in [-0.15, -0.1) is 11.3 Å². The van der Waals surface area contributed by atoms with Crippen molar-refractivity contribution >= 4 is 22.9 Å². The molecule has 0 spiro atoms. The normalized spacial score (nSPS) is 10.8. The lowest BCUT2D eigenvalue weighted by atomic mass is 10.3. The molecule has 3 aromatic heterocycles. The van der Waals surface area contributed by atoms with Crippen molar-refractivity contribution < 1.29 is 4.79 Å². The number of hydrogen-bond donors (Lipinski definition) is 1. The van der Waals surface area contributed by atoms with E-state index in [0.29, 0.717) is 12.2 Å². The number of carbonyl (C=O) groups is 1. The van der Waals surface area contributed by atoms with E-state index in [-0.39, 0.29) is 5.91 Å². The SMILES string of the molecule is Cc1nc2ccccn2c1C(=O)NCCc1cccs1. The number of imidazole rings is 1. The highest BCUT2D eigenvalue weighted by molar-refractivity contribution is 7.09.